The van der Waals surface area contributed by atoms with Crippen LogP contribution in [-0.2, 0) is 0 Å². The molecule has 0 spiro atoms. The number of allylic oxidation sites excluding steroid dienone is 1. The van der Waals surface area contributed by atoms with E-state index in [4.69, 9.17) is 0 Å². The van der Waals surface area contributed by atoms with Gasteiger partial charge in [0.1, 0.15) is 0 Å². The second-order valence-electron chi connectivity index (χ2n) is 2.87. The molecule has 0 heterocycles. The maximum Gasteiger partial charge on any atom is 0.0582 e. The first-order valence-corrected chi connectivity index (χ1v) is 4.79. The Morgan fingerprint density at radius 2 is 2.07 bits per heavy atom. The lowest BCUT2D eigenvalue weighted by Gasteiger charge is -1.91. The molecule has 0 fully saturated rings. The van der Waals surface area contributed by atoms with Gasteiger partial charge in [-0.2, -0.15) is 0 Å². The smallest absolute Gasteiger partial charge is 0.0582 e. The minimum atomic E-state index is 0.735. The van der Waals surface area contributed by atoms with Gasteiger partial charge in [0.05, 0.1) is 6.54 Å². The Balaban J connectivity index is 2.27. The predicted octanol–water partition coefficient (Wildman–Crippen LogP) is 2.20. The van der Waals surface area contributed by atoms with Gasteiger partial charge in [0, 0.05) is 12.1 Å². The first-order valence-electron chi connectivity index (χ1n) is 4.79. The van der Waals surface area contributed by atoms with Gasteiger partial charge in [0.25, 0.3) is 0 Å². The molecule has 0 bridgehead atoms. The largest absolute Gasteiger partial charge is 0.303 e. The van der Waals surface area contributed by atoms with Crippen molar-refractivity contribution in [1.29, 1.82) is 0 Å². The summed E-state index contributed by atoms with van der Waals surface area (Å²) in [4.78, 5) is 0. The molecular weight excluding hydrogens is 170 g/mol. The van der Waals surface area contributed by atoms with Crippen molar-refractivity contribution in [2.24, 2.45) is 0 Å². The van der Waals surface area contributed by atoms with Gasteiger partial charge in [-0.3, -0.25) is 0 Å². The van der Waals surface area contributed by atoms with Crippen molar-refractivity contribution in [3.8, 4) is 11.8 Å². The van der Waals surface area contributed by atoms with E-state index in [1.807, 2.05) is 43.3 Å². The normalized spacial score (nSPS) is 9.79. The van der Waals surface area contributed by atoms with Crippen LogP contribution in [0, 0.1) is 11.8 Å². The third-order valence-electron chi connectivity index (χ3n) is 1.72. The lowest BCUT2D eigenvalue weighted by atomic mass is 10.2. The SMILES string of the molecule is CC=CCNCC#Cc1ccccc1. The second kappa shape index (κ2) is 6.94. The third kappa shape index (κ3) is 4.49. The van der Waals surface area contributed by atoms with Gasteiger partial charge in [-0.15, -0.1) is 0 Å². The van der Waals surface area contributed by atoms with Crippen LogP contribution in [0.25, 0.3) is 0 Å². The summed E-state index contributed by atoms with van der Waals surface area (Å²) < 4.78 is 0. The third-order valence-corrected chi connectivity index (χ3v) is 1.72. The van der Waals surface area contributed by atoms with Crippen LogP contribution in [0.15, 0.2) is 42.5 Å². The van der Waals surface area contributed by atoms with E-state index in [0.717, 1.165) is 18.7 Å². The average molecular weight is 185 g/mol. The lowest BCUT2D eigenvalue weighted by Crippen LogP contribution is -2.13. The molecule has 0 aliphatic carbocycles. The minimum Gasteiger partial charge on any atom is -0.303 e. The maximum absolute atomic E-state index is 3.20. The topological polar surface area (TPSA) is 12.0 Å². The van der Waals surface area contributed by atoms with Gasteiger partial charge in [0.15, 0.2) is 0 Å². The van der Waals surface area contributed by atoms with Crippen molar-refractivity contribution in [2.75, 3.05) is 13.1 Å². The fourth-order valence-corrected chi connectivity index (χ4v) is 1.00. The highest BCUT2D eigenvalue weighted by Crippen LogP contribution is 1.93. The van der Waals surface area contributed by atoms with E-state index >= 15 is 0 Å². The number of hydrogen-bond acceptors (Lipinski definition) is 1. The predicted molar refractivity (Wildman–Crippen MR) is 61.0 cm³/mol. The Hall–Kier alpha value is -1.52. The summed E-state index contributed by atoms with van der Waals surface area (Å²) in [6.07, 6.45) is 4.10. The van der Waals surface area contributed by atoms with Crippen molar-refractivity contribution in [3.63, 3.8) is 0 Å². The van der Waals surface area contributed by atoms with Crippen LogP contribution in [-0.4, -0.2) is 13.1 Å². The zero-order valence-corrected chi connectivity index (χ0v) is 8.46. The van der Waals surface area contributed by atoms with E-state index in [9.17, 15) is 0 Å². The fourth-order valence-electron chi connectivity index (χ4n) is 1.00. The van der Waals surface area contributed by atoms with E-state index in [1.54, 1.807) is 0 Å². The molecule has 1 heteroatoms. The zero-order valence-electron chi connectivity index (χ0n) is 8.46. The van der Waals surface area contributed by atoms with Crippen LogP contribution in [0.4, 0.5) is 0 Å². The molecule has 0 unspecified atom stereocenters. The number of rotatable bonds is 3. The molecule has 72 valence electrons. The molecular formula is C13H15N. The summed E-state index contributed by atoms with van der Waals surface area (Å²) in [5.74, 6) is 6.15. The number of hydrogen-bond donors (Lipinski definition) is 1. The summed E-state index contributed by atoms with van der Waals surface area (Å²) in [6.45, 7) is 3.64. The van der Waals surface area contributed by atoms with Gasteiger partial charge in [0.2, 0.25) is 0 Å². The Labute approximate surface area is 85.8 Å². The van der Waals surface area contributed by atoms with E-state index in [-0.39, 0.29) is 0 Å². The van der Waals surface area contributed by atoms with Gasteiger partial charge in [-0.25, -0.2) is 0 Å². The van der Waals surface area contributed by atoms with Crippen molar-refractivity contribution >= 4 is 0 Å². The molecule has 1 nitrogen and oxygen atoms in total. The second-order valence-corrected chi connectivity index (χ2v) is 2.87. The quantitative estimate of drug-likeness (QED) is 0.432. The molecule has 1 N–H and O–H groups in total. The fraction of sp³-hybridized carbons (Fsp3) is 0.231. The molecule has 0 saturated heterocycles. The zero-order chi connectivity index (χ0) is 10.1. The van der Waals surface area contributed by atoms with Crippen molar-refractivity contribution in [3.05, 3.63) is 48.0 Å². The van der Waals surface area contributed by atoms with Crippen molar-refractivity contribution < 1.29 is 0 Å². The highest BCUT2D eigenvalue weighted by atomic mass is 14.8. The molecule has 0 atom stereocenters. The molecule has 0 aromatic heterocycles. The van der Waals surface area contributed by atoms with Gasteiger partial charge in [-0.05, 0) is 19.1 Å². The van der Waals surface area contributed by atoms with Crippen LogP contribution < -0.4 is 5.32 Å². The maximum atomic E-state index is 3.20. The monoisotopic (exact) mass is 185 g/mol. The number of benzene rings is 1. The first kappa shape index (κ1) is 10.6. The standard InChI is InChI=1S/C13H15N/c1-2-3-11-14-12-7-10-13-8-5-4-6-9-13/h2-6,8-9,14H,11-12H2,1H3. The molecule has 0 amide bonds. The van der Waals surface area contributed by atoms with E-state index in [1.165, 1.54) is 0 Å². The van der Waals surface area contributed by atoms with E-state index in [2.05, 4.69) is 23.2 Å². The molecule has 0 radical (unpaired) electrons. The summed E-state index contributed by atoms with van der Waals surface area (Å²) >= 11 is 0. The van der Waals surface area contributed by atoms with Gasteiger partial charge in [-0.1, -0.05) is 42.2 Å². The minimum absolute atomic E-state index is 0.735. The molecule has 14 heavy (non-hydrogen) atoms. The Morgan fingerprint density at radius 1 is 1.29 bits per heavy atom. The molecule has 0 aliphatic rings. The van der Waals surface area contributed by atoms with Crippen LogP contribution in [0.3, 0.4) is 0 Å². The van der Waals surface area contributed by atoms with Gasteiger partial charge >= 0.3 is 0 Å². The van der Waals surface area contributed by atoms with E-state index in [0.29, 0.717) is 0 Å². The highest BCUT2D eigenvalue weighted by Gasteiger charge is 1.80. The van der Waals surface area contributed by atoms with Crippen molar-refractivity contribution in [2.45, 2.75) is 6.92 Å². The van der Waals surface area contributed by atoms with Crippen LogP contribution in [0.5, 0.6) is 0 Å². The highest BCUT2D eigenvalue weighted by molar-refractivity contribution is 5.33. The molecule has 1 rings (SSSR count). The summed E-state index contributed by atoms with van der Waals surface area (Å²) in [6, 6.07) is 10.0. The van der Waals surface area contributed by atoms with E-state index < -0.39 is 0 Å². The Bertz CT molecular complexity index is 327. The molecule has 1 aromatic rings. The Kier molecular flexibility index (Phi) is 5.23. The molecule has 0 saturated carbocycles. The lowest BCUT2D eigenvalue weighted by molar-refractivity contribution is 0.856. The summed E-state index contributed by atoms with van der Waals surface area (Å²) in [7, 11) is 0. The van der Waals surface area contributed by atoms with Crippen LogP contribution >= 0.6 is 0 Å². The summed E-state index contributed by atoms with van der Waals surface area (Å²) in [5, 5.41) is 3.20. The van der Waals surface area contributed by atoms with Crippen LogP contribution in [0.1, 0.15) is 12.5 Å². The van der Waals surface area contributed by atoms with Gasteiger partial charge < -0.3 is 5.32 Å². The van der Waals surface area contributed by atoms with Crippen molar-refractivity contribution in [1.82, 2.24) is 5.32 Å². The first-order chi connectivity index (χ1) is 6.93. The molecule has 0 aliphatic heterocycles. The summed E-state index contributed by atoms with van der Waals surface area (Å²) in [5.41, 5.74) is 1.07. The van der Waals surface area contributed by atoms with Crippen LogP contribution in [0.2, 0.25) is 0 Å². The average Bonchev–Trinajstić information content (AvgIpc) is 2.25. The molecule has 1 aromatic carbocycles. The number of nitrogens with one attached hydrogen (secondary N) is 1. The Morgan fingerprint density at radius 3 is 2.79 bits per heavy atom.